The van der Waals surface area contributed by atoms with E-state index in [0.717, 1.165) is 0 Å². The maximum absolute atomic E-state index is 13.1. The molecule has 4 rings (SSSR count). The molecule has 0 bridgehead atoms. The number of aliphatic hydroxyl groups is 1. The fraction of sp³-hybridized carbons (Fsp3) is 0.208. The van der Waals surface area contributed by atoms with E-state index < -0.39 is 22.7 Å². The highest BCUT2D eigenvalue weighted by molar-refractivity contribution is 6.46. The molecule has 1 amide bonds. The Hall–Kier alpha value is -4.47. The highest BCUT2D eigenvalue weighted by Crippen LogP contribution is 2.40. The molecular formula is C24H22N4O6. The van der Waals surface area contributed by atoms with Crippen molar-refractivity contribution in [1.29, 1.82) is 0 Å². The monoisotopic (exact) mass is 462 g/mol. The van der Waals surface area contributed by atoms with Gasteiger partial charge in [-0.15, -0.1) is 0 Å². The van der Waals surface area contributed by atoms with Crippen molar-refractivity contribution >= 4 is 23.1 Å². The summed E-state index contributed by atoms with van der Waals surface area (Å²) in [5.74, 6) is -1.40. The lowest BCUT2D eigenvalue weighted by Crippen LogP contribution is -2.31. The van der Waals surface area contributed by atoms with E-state index in [1.807, 2.05) is 4.57 Å². The normalized spacial score (nSPS) is 17.2. The van der Waals surface area contributed by atoms with Crippen LogP contribution in [-0.2, 0) is 16.1 Å². The van der Waals surface area contributed by atoms with Crippen LogP contribution in [0.2, 0.25) is 0 Å². The van der Waals surface area contributed by atoms with E-state index in [4.69, 9.17) is 4.74 Å². The number of rotatable bonds is 8. The van der Waals surface area contributed by atoms with Crippen molar-refractivity contribution in [2.45, 2.75) is 19.0 Å². The minimum atomic E-state index is -0.968. The summed E-state index contributed by atoms with van der Waals surface area (Å²) in [5, 5.41) is 22.4. The Morgan fingerprint density at radius 1 is 1.18 bits per heavy atom. The molecule has 0 spiro atoms. The minimum absolute atomic E-state index is 0.113. The van der Waals surface area contributed by atoms with E-state index in [9.17, 15) is 24.8 Å². The number of nitro groups is 1. The number of carbonyl (C=O) groups is 2. The van der Waals surface area contributed by atoms with E-state index in [0.29, 0.717) is 29.8 Å². The topological polar surface area (TPSA) is 128 Å². The van der Waals surface area contributed by atoms with E-state index in [2.05, 4.69) is 4.98 Å². The molecule has 0 radical (unpaired) electrons. The van der Waals surface area contributed by atoms with Crippen molar-refractivity contribution in [3.8, 4) is 5.75 Å². The van der Waals surface area contributed by atoms with Crippen molar-refractivity contribution in [2.24, 2.45) is 0 Å². The molecule has 1 saturated heterocycles. The van der Waals surface area contributed by atoms with Crippen molar-refractivity contribution < 1.29 is 24.4 Å². The zero-order chi connectivity index (χ0) is 24.2. The van der Waals surface area contributed by atoms with Crippen molar-refractivity contribution in [3.63, 3.8) is 0 Å². The first kappa shape index (κ1) is 22.7. The van der Waals surface area contributed by atoms with Gasteiger partial charge in [0.25, 0.3) is 17.4 Å². The molecule has 0 aliphatic carbocycles. The SMILES string of the molecule is COc1ccc(/C(O)=C2\C(=O)C(=O)N(CCCn3ccnc3)C2c2cccc([N+](=O)[O-])c2)cc1. The first-order valence-electron chi connectivity index (χ1n) is 10.5. The second kappa shape index (κ2) is 9.57. The Kier molecular flexibility index (Phi) is 6.39. The predicted octanol–water partition coefficient (Wildman–Crippen LogP) is 3.31. The van der Waals surface area contributed by atoms with Gasteiger partial charge in [0.2, 0.25) is 0 Å². The van der Waals surface area contributed by atoms with Gasteiger partial charge in [0.1, 0.15) is 11.5 Å². The number of hydrogen-bond donors (Lipinski definition) is 1. The molecule has 2 aromatic carbocycles. The summed E-state index contributed by atoms with van der Waals surface area (Å²) in [5.41, 5.74) is 0.406. The van der Waals surface area contributed by atoms with Crippen LogP contribution in [0.25, 0.3) is 5.76 Å². The number of imidazole rings is 1. The maximum atomic E-state index is 13.1. The molecule has 2 heterocycles. The summed E-state index contributed by atoms with van der Waals surface area (Å²) in [6.07, 6.45) is 5.59. The summed E-state index contributed by atoms with van der Waals surface area (Å²) in [7, 11) is 1.51. The van der Waals surface area contributed by atoms with Crippen molar-refractivity contribution in [1.82, 2.24) is 14.5 Å². The number of nitrogens with zero attached hydrogens (tertiary/aromatic N) is 4. The number of likely N-dealkylation sites (tertiary alicyclic amines) is 1. The van der Waals surface area contributed by atoms with Crippen LogP contribution in [0.5, 0.6) is 5.75 Å². The summed E-state index contributed by atoms with van der Waals surface area (Å²) in [6.45, 7) is 0.763. The molecule has 1 N–H and O–H groups in total. The third-order valence-corrected chi connectivity index (χ3v) is 5.67. The average Bonchev–Trinajstić information content (AvgIpc) is 3.46. The Morgan fingerprint density at radius 3 is 2.59 bits per heavy atom. The molecule has 1 unspecified atom stereocenters. The van der Waals surface area contributed by atoms with E-state index in [1.54, 1.807) is 49.1 Å². The van der Waals surface area contributed by atoms with E-state index >= 15 is 0 Å². The van der Waals surface area contributed by atoms with Gasteiger partial charge in [0.15, 0.2) is 0 Å². The maximum Gasteiger partial charge on any atom is 0.295 e. The van der Waals surface area contributed by atoms with Gasteiger partial charge >= 0.3 is 0 Å². The largest absolute Gasteiger partial charge is 0.507 e. The molecule has 10 heteroatoms. The van der Waals surface area contributed by atoms with Gasteiger partial charge < -0.3 is 19.3 Å². The van der Waals surface area contributed by atoms with Gasteiger partial charge in [-0.1, -0.05) is 12.1 Å². The van der Waals surface area contributed by atoms with Gasteiger partial charge in [-0.25, -0.2) is 4.98 Å². The third-order valence-electron chi connectivity index (χ3n) is 5.67. The summed E-state index contributed by atoms with van der Waals surface area (Å²) in [4.78, 5) is 42.2. The minimum Gasteiger partial charge on any atom is -0.507 e. The van der Waals surface area contributed by atoms with Gasteiger partial charge in [0.05, 0.1) is 30.0 Å². The number of nitro benzene ring substituents is 1. The molecule has 1 aliphatic heterocycles. The Morgan fingerprint density at radius 2 is 1.94 bits per heavy atom. The first-order valence-corrected chi connectivity index (χ1v) is 10.5. The fourth-order valence-electron chi connectivity index (χ4n) is 4.01. The number of aryl methyl sites for hydroxylation is 1. The van der Waals surface area contributed by atoms with Crippen LogP contribution >= 0.6 is 0 Å². The first-order chi connectivity index (χ1) is 16.4. The van der Waals surface area contributed by atoms with Gasteiger partial charge in [-0.3, -0.25) is 19.7 Å². The highest BCUT2D eigenvalue weighted by atomic mass is 16.6. The number of ketones is 1. The molecule has 1 aliphatic rings. The standard InChI is InChI=1S/C24H22N4O6/c1-34-19-8-6-16(7-9-19)22(29)20-21(17-4-2-5-18(14-17)28(32)33)27(24(31)23(20)30)12-3-11-26-13-10-25-15-26/h2,4-10,13-15,21,29H,3,11-12H2,1H3/b22-20+. The van der Waals surface area contributed by atoms with Crippen LogP contribution in [-0.4, -0.2) is 49.8 Å². The number of amides is 1. The third kappa shape index (κ3) is 4.38. The number of aliphatic hydroxyl groups excluding tert-OH is 1. The van der Waals surface area contributed by atoms with Crippen molar-refractivity contribution in [3.05, 3.63) is 94.1 Å². The number of hydrogen-bond acceptors (Lipinski definition) is 7. The Labute approximate surface area is 194 Å². The van der Waals surface area contributed by atoms with Gasteiger partial charge in [-0.05, 0) is 36.2 Å². The Balaban J connectivity index is 1.76. The number of methoxy groups -OCH3 is 1. The molecule has 10 nitrogen and oxygen atoms in total. The summed E-state index contributed by atoms with van der Waals surface area (Å²) >= 11 is 0. The lowest BCUT2D eigenvalue weighted by Gasteiger charge is -2.25. The van der Waals surface area contributed by atoms with Crippen LogP contribution in [0.15, 0.2) is 72.8 Å². The second-order valence-electron chi connectivity index (χ2n) is 7.73. The smallest absolute Gasteiger partial charge is 0.295 e. The zero-order valence-corrected chi connectivity index (χ0v) is 18.3. The van der Waals surface area contributed by atoms with Crippen LogP contribution < -0.4 is 4.74 Å². The van der Waals surface area contributed by atoms with Crippen LogP contribution in [0.1, 0.15) is 23.6 Å². The fourth-order valence-corrected chi connectivity index (χ4v) is 4.01. The number of carbonyl (C=O) groups excluding carboxylic acids is 2. The predicted molar refractivity (Wildman–Crippen MR) is 122 cm³/mol. The summed E-state index contributed by atoms with van der Waals surface area (Å²) < 4.78 is 6.98. The van der Waals surface area contributed by atoms with E-state index in [1.165, 1.54) is 30.2 Å². The molecular weight excluding hydrogens is 440 g/mol. The van der Waals surface area contributed by atoms with Gasteiger partial charge in [0, 0.05) is 43.2 Å². The number of non-ortho nitro benzene ring substituents is 1. The van der Waals surface area contributed by atoms with Crippen molar-refractivity contribution in [2.75, 3.05) is 13.7 Å². The van der Waals surface area contributed by atoms with Crippen LogP contribution in [0.4, 0.5) is 5.69 Å². The molecule has 1 aromatic heterocycles. The highest BCUT2D eigenvalue weighted by Gasteiger charge is 2.46. The average molecular weight is 462 g/mol. The van der Waals surface area contributed by atoms with E-state index in [-0.39, 0.29) is 23.6 Å². The number of Topliss-reactive ketones (excluding diaryl/α,β-unsaturated/α-hetero) is 1. The lowest BCUT2D eigenvalue weighted by atomic mass is 9.95. The molecule has 1 atom stereocenters. The van der Waals surface area contributed by atoms with Crippen LogP contribution in [0, 0.1) is 10.1 Å². The number of aromatic nitrogens is 2. The molecule has 34 heavy (non-hydrogen) atoms. The van der Waals surface area contributed by atoms with Crippen LogP contribution in [0.3, 0.4) is 0 Å². The molecule has 174 valence electrons. The summed E-state index contributed by atoms with van der Waals surface area (Å²) in [6, 6.07) is 11.2. The quantitative estimate of drug-likeness (QED) is 0.179. The lowest BCUT2D eigenvalue weighted by molar-refractivity contribution is -0.384. The van der Waals surface area contributed by atoms with Gasteiger partial charge in [-0.2, -0.15) is 0 Å². The molecule has 0 saturated carbocycles. The molecule has 3 aromatic rings. The Bertz CT molecular complexity index is 1250. The second-order valence-corrected chi connectivity index (χ2v) is 7.73. The number of ether oxygens (including phenoxy) is 1. The molecule has 1 fully saturated rings. The zero-order valence-electron chi connectivity index (χ0n) is 18.3. The number of benzene rings is 2.